The maximum atomic E-state index is 12.1. The number of sulfone groups is 1. The summed E-state index contributed by atoms with van der Waals surface area (Å²) in [6.45, 7) is 4.88. The number of benzene rings is 1. The van der Waals surface area contributed by atoms with E-state index in [-0.39, 0.29) is 11.8 Å². The van der Waals surface area contributed by atoms with Crippen molar-refractivity contribution in [2.45, 2.75) is 50.1 Å². The molecule has 20 heavy (non-hydrogen) atoms. The molecule has 112 valence electrons. The van der Waals surface area contributed by atoms with Gasteiger partial charge in [0.25, 0.3) is 0 Å². The minimum atomic E-state index is -3.18. The maximum Gasteiger partial charge on any atom is 0.180 e. The minimum Gasteiger partial charge on any atom is -0.381 e. The fraction of sp³-hybridized carbons (Fsp3) is 0.600. The summed E-state index contributed by atoms with van der Waals surface area (Å²) in [5, 5.41) is 6.83. The molecule has 0 spiro atoms. The molecule has 1 aliphatic rings. The molecule has 1 aromatic carbocycles. The molecule has 1 aliphatic heterocycles. The molecule has 0 saturated carbocycles. The Labute approximate surface area is 121 Å². The number of anilines is 1. The third kappa shape index (κ3) is 3.73. The molecule has 0 aromatic heterocycles. The Kier molecular flexibility index (Phi) is 5.05. The highest BCUT2D eigenvalue weighted by atomic mass is 32.2. The van der Waals surface area contributed by atoms with Crippen molar-refractivity contribution in [1.82, 2.24) is 5.32 Å². The second kappa shape index (κ2) is 6.59. The number of para-hydroxylation sites is 1. The van der Waals surface area contributed by atoms with Crippen LogP contribution in [0.5, 0.6) is 0 Å². The number of nitrogens with one attached hydrogen (secondary N) is 2. The normalized spacial score (nSPS) is 20.8. The minimum absolute atomic E-state index is 0.129. The van der Waals surface area contributed by atoms with Gasteiger partial charge in [0.2, 0.25) is 0 Å². The number of rotatable bonds is 6. The van der Waals surface area contributed by atoms with Crippen molar-refractivity contribution in [3.8, 4) is 0 Å². The summed E-state index contributed by atoms with van der Waals surface area (Å²) in [6.07, 6.45) is 3.46. The van der Waals surface area contributed by atoms with Crippen LogP contribution in [0.2, 0.25) is 0 Å². The van der Waals surface area contributed by atoms with Crippen LogP contribution in [-0.2, 0) is 9.84 Å². The molecular weight excluding hydrogens is 272 g/mol. The third-order valence-electron chi connectivity index (χ3n) is 3.80. The van der Waals surface area contributed by atoms with Gasteiger partial charge in [-0.25, -0.2) is 8.42 Å². The fourth-order valence-electron chi connectivity index (χ4n) is 2.72. The molecule has 1 aromatic rings. The summed E-state index contributed by atoms with van der Waals surface area (Å²) in [5.41, 5.74) is 0.722. The van der Waals surface area contributed by atoms with Gasteiger partial charge in [0.05, 0.1) is 16.3 Å². The van der Waals surface area contributed by atoms with Gasteiger partial charge in [0, 0.05) is 12.1 Å². The average Bonchev–Trinajstić information content (AvgIpc) is 2.92. The smallest absolute Gasteiger partial charge is 0.180 e. The molecule has 0 amide bonds. The Morgan fingerprint density at radius 3 is 2.80 bits per heavy atom. The first-order valence-corrected chi connectivity index (χ1v) is 9.00. The molecule has 4 nitrogen and oxygen atoms in total. The Morgan fingerprint density at radius 2 is 2.15 bits per heavy atom. The van der Waals surface area contributed by atoms with Crippen molar-refractivity contribution in [3.63, 3.8) is 0 Å². The SMILES string of the molecule is CCS(=O)(=O)c1ccccc1NC(C)CC1CCCN1. The van der Waals surface area contributed by atoms with Crippen molar-refractivity contribution >= 4 is 15.5 Å². The standard InChI is InChI=1S/C15H24N2O2S/c1-3-20(18,19)15-9-5-4-8-14(15)17-12(2)11-13-7-6-10-16-13/h4-5,8-9,12-13,16-17H,3,6-7,10-11H2,1-2H3. The van der Waals surface area contributed by atoms with Crippen LogP contribution < -0.4 is 10.6 Å². The lowest BCUT2D eigenvalue weighted by Crippen LogP contribution is -2.29. The Morgan fingerprint density at radius 1 is 1.40 bits per heavy atom. The molecule has 1 saturated heterocycles. The third-order valence-corrected chi connectivity index (χ3v) is 5.59. The highest BCUT2D eigenvalue weighted by Crippen LogP contribution is 2.24. The summed E-state index contributed by atoms with van der Waals surface area (Å²) in [4.78, 5) is 0.411. The molecule has 1 fully saturated rings. The van der Waals surface area contributed by atoms with Gasteiger partial charge >= 0.3 is 0 Å². The van der Waals surface area contributed by atoms with Gasteiger partial charge in [0.1, 0.15) is 0 Å². The largest absolute Gasteiger partial charge is 0.381 e. The fourth-order valence-corrected chi connectivity index (χ4v) is 3.78. The molecule has 0 bridgehead atoms. The second-order valence-corrected chi connectivity index (χ2v) is 7.72. The lowest BCUT2D eigenvalue weighted by Gasteiger charge is -2.21. The van der Waals surface area contributed by atoms with Crippen LogP contribution >= 0.6 is 0 Å². The lowest BCUT2D eigenvalue weighted by molar-refractivity contribution is 0.523. The first-order valence-electron chi connectivity index (χ1n) is 7.34. The van der Waals surface area contributed by atoms with Gasteiger partial charge in [-0.05, 0) is 44.9 Å². The van der Waals surface area contributed by atoms with E-state index >= 15 is 0 Å². The van der Waals surface area contributed by atoms with E-state index in [1.165, 1.54) is 12.8 Å². The van der Waals surface area contributed by atoms with Crippen LogP contribution in [-0.4, -0.2) is 32.8 Å². The van der Waals surface area contributed by atoms with E-state index < -0.39 is 9.84 Å². The predicted octanol–water partition coefficient (Wildman–Crippen LogP) is 2.42. The highest BCUT2D eigenvalue weighted by molar-refractivity contribution is 7.91. The molecule has 5 heteroatoms. The second-order valence-electron chi connectivity index (χ2n) is 5.47. The lowest BCUT2D eigenvalue weighted by atomic mass is 10.1. The van der Waals surface area contributed by atoms with Gasteiger partial charge in [-0.1, -0.05) is 19.1 Å². The molecular formula is C15H24N2O2S. The van der Waals surface area contributed by atoms with Crippen molar-refractivity contribution in [1.29, 1.82) is 0 Å². The number of hydrogen-bond donors (Lipinski definition) is 2. The zero-order chi connectivity index (χ0) is 14.6. The van der Waals surface area contributed by atoms with Crippen molar-refractivity contribution < 1.29 is 8.42 Å². The summed E-state index contributed by atoms with van der Waals surface area (Å²) in [6, 6.07) is 7.98. The summed E-state index contributed by atoms with van der Waals surface area (Å²) >= 11 is 0. The van der Waals surface area contributed by atoms with Gasteiger partial charge in [-0.3, -0.25) is 0 Å². The topological polar surface area (TPSA) is 58.2 Å². The van der Waals surface area contributed by atoms with Crippen molar-refractivity contribution in [2.24, 2.45) is 0 Å². The van der Waals surface area contributed by atoms with Gasteiger partial charge in [-0.15, -0.1) is 0 Å². The molecule has 2 unspecified atom stereocenters. The average molecular weight is 296 g/mol. The van der Waals surface area contributed by atoms with E-state index in [0.29, 0.717) is 10.9 Å². The molecule has 2 atom stereocenters. The van der Waals surface area contributed by atoms with E-state index in [0.717, 1.165) is 18.7 Å². The van der Waals surface area contributed by atoms with Crippen LogP contribution in [0, 0.1) is 0 Å². The van der Waals surface area contributed by atoms with Gasteiger partial charge < -0.3 is 10.6 Å². The van der Waals surface area contributed by atoms with E-state index in [2.05, 4.69) is 17.6 Å². The van der Waals surface area contributed by atoms with Crippen LogP contribution in [0.1, 0.15) is 33.1 Å². The molecule has 2 rings (SSSR count). The Hall–Kier alpha value is -1.07. The quantitative estimate of drug-likeness (QED) is 0.846. The predicted molar refractivity (Wildman–Crippen MR) is 82.9 cm³/mol. The molecule has 0 aliphatic carbocycles. The first kappa shape index (κ1) is 15.3. The van der Waals surface area contributed by atoms with Gasteiger partial charge in [-0.2, -0.15) is 0 Å². The van der Waals surface area contributed by atoms with Crippen LogP contribution in [0.25, 0.3) is 0 Å². The van der Waals surface area contributed by atoms with Crippen molar-refractivity contribution in [3.05, 3.63) is 24.3 Å². The molecule has 0 radical (unpaired) electrons. The molecule has 1 heterocycles. The van der Waals surface area contributed by atoms with E-state index in [1.54, 1.807) is 19.1 Å². The highest BCUT2D eigenvalue weighted by Gasteiger charge is 2.20. The summed E-state index contributed by atoms with van der Waals surface area (Å²) < 4.78 is 24.2. The van der Waals surface area contributed by atoms with Crippen LogP contribution in [0.4, 0.5) is 5.69 Å². The Balaban J connectivity index is 2.09. The van der Waals surface area contributed by atoms with Crippen LogP contribution in [0.3, 0.4) is 0 Å². The first-order chi connectivity index (χ1) is 9.53. The van der Waals surface area contributed by atoms with Gasteiger partial charge in [0.15, 0.2) is 9.84 Å². The molecule has 2 N–H and O–H groups in total. The van der Waals surface area contributed by atoms with E-state index in [1.807, 2.05) is 12.1 Å². The summed E-state index contributed by atoms with van der Waals surface area (Å²) in [5.74, 6) is 0.129. The Bertz CT molecular complexity index is 537. The van der Waals surface area contributed by atoms with Crippen molar-refractivity contribution in [2.75, 3.05) is 17.6 Å². The zero-order valence-corrected chi connectivity index (χ0v) is 13.0. The maximum absolute atomic E-state index is 12.1. The zero-order valence-electron chi connectivity index (χ0n) is 12.2. The van der Waals surface area contributed by atoms with Crippen LogP contribution in [0.15, 0.2) is 29.2 Å². The monoisotopic (exact) mass is 296 g/mol. The van der Waals surface area contributed by atoms with E-state index in [4.69, 9.17) is 0 Å². The summed E-state index contributed by atoms with van der Waals surface area (Å²) in [7, 11) is -3.18. The number of hydrogen-bond acceptors (Lipinski definition) is 4. The van der Waals surface area contributed by atoms with E-state index in [9.17, 15) is 8.42 Å².